The van der Waals surface area contributed by atoms with Gasteiger partial charge in [-0.05, 0) is 36.2 Å². The molecule has 26 heavy (non-hydrogen) atoms. The number of aliphatic hydroxyl groups is 1. The molecule has 0 bridgehead atoms. The summed E-state index contributed by atoms with van der Waals surface area (Å²) in [4.78, 5) is 15.5. The number of aliphatic hydroxyl groups excluding tert-OH is 1. The Balaban J connectivity index is 1.67. The number of rotatable bonds is 5. The van der Waals surface area contributed by atoms with Crippen LogP contribution in [0.25, 0.3) is 0 Å². The molecule has 1 N–H and O–H groups in total. The lowest BCUT2D eigenvalue weighted by Gasteiger charge is -2.28. The lowest BCUT2D eigenvalue weighted by Crippen LogP contribution is -2.33. The smallest absolute Gasteiger partial charge is 0.225 e. The van der Waals surface area contributed by atoms with Crippen molar-refractivity contribution in [2.45, 2.75) is 39.1 Å². The second-order valence-electron chi connectivity index (χ2n) is 7.07. The Hall–Kier alpha value is -2.25. The average Bonchev–Trinajstić information content (AvgIpc) is 3.00. The summed E-state index contributed by atoms with van der Waals surface area (Å²) >= 11 is 0. The quantitative estimate of drug-likeness (QED) is 0.884. The minimum atomic E-state index is -0.893. The number of nitrogens with zero attached hydrogens (tertiary/aromatic N) is 4. The van der Waals surface area contributed by atoms with Gasteiger partial charge in [0.25, 0.3) is 0 Å². The number of fused-ring (bicyclic) bond motifs is 1. The summed E-state index contributed by atoms with van der Waals surface area (Å²) in [5.74, 6) is -0.342. The van der Waals surface area contributed by atoms with Crippen LogP contribution in [-0.4, -0.2) is 51.2 Å². The molecule has 1 aromatic heterocycles. The highest BCUT2D eigenvalue weighted by atomic mass is 19.1. The summed E-state index contributed by atoms with van der Waals surface area (Å²) < 4.78 is 15.2. The van der Waals surface area contributed by atoms with Crippen LogP contribution in [0.3, 0.4) is 0 Å². The van der Waals surface area contributed by atoms with E-state index in [4.69, 9.17) is 0 Å². The Bertz CT molecular complexity index is 803. The zero-order chi connectivity index (χ0) is 18.8. The van der Waals surface area contributed by atoms with Gasteiger partial charge in [0.1, 0.15) is 11.9 Å². The van der Waals surface area contributed by atoms with Gasteiger partial charge in [0.15, 0.2) is 0 Å². The molecule has 1 aromatic carbocycles. The first-order chi connectivity index (χ1) is 12.3. The van der Waals surface area contributed by atoms with E-state index in [2.05, 4.69) is 10.00 Å². The molecule has 0 saturated carbocycles. The molecule has 1 atom stereocenters. The molecular weight excluding hydrogens is 335 g/mol. The first kappa shape index (κ1) is 18.5. The maximum absolute atomic E-state index is 13.3. The summed E-state index contributed by atoms with van der Waals surface area (Å²) in [7, 11) is 3.34. The number of benzene rings is 1. The van der Waals surface area contributed by atoms with Gasteiger partial charge in [0.2, 0.25) is 5.91 Å². The van der Waals surface area contributed by atoms with E-state index in [0.29, 0.717) is 12.2 Å². The van der Waals surface area contributed by atoms with Crippen LogP contribution in [0.15, 0.2) is 24.3 Å². The Morgan fingerprint density at radius 1 is 1.35 bits per heavy atom. The Labute approximate surface area is 152 Å². The van der Waals surface area contributed by atoms with E-state index in [0.717, 1.165) is 36.5 Å². The standard InChI is InChI=1S/C19H25FN4O2/c1-13-8-15(20)5-4-14(13)11-23-6-7-24-16(12-23)9-17(21-24)18(25)10-19(26)22(2)3/h4-5,8-9,18,25H,6-7,10-12H2,1-3H3. The fourth-order valence-electron chi connectivity index (χ4n) is 3.17. The molecule has 0 saturated heterocycles. The van der Waals surface area contributed by atoms with Crippen LogP contribution in [0, 0.1) is 12.7 Å². The van der Waals surface area contributed by atoms with Crippen LogP contribution >= 0.6 is 0 Å². The Kier molecular flexibility index (Phi) is 5.38. The van der Waals surface area contributed by atoms with E-state index in [-0.39, 0.29) is 18.1 Å². The van der Waals surface area contributed by atoms with Crippen molar-refractivity contribution >= 4 is 5.91 Å². The highest BCUT2D eigenvalue weighted by molar-refractivity contribution is 5.76. The molecule has 7 heteroatoms. The van der Waals surface area contributed by atoms with Gasteiger partial charge in [-0.1, -0.05) is 6.07 Å². The molecule has 1 aliphatic heterocycles. The van der Waals surface area contributed by atoms with Gasteiger partial charge < -0.3 is 10.0 Å². The number of aryl methyl sites for hydroxylation is 1. The van der Waals surface area contributed by atoms with Crippen molar-refractivity contribution < 1.29 is 14.3 Å². The van der Waals surface area contributed by atoms with E-state index < -0.39 is 6.10 Å². The summed E-state index contributed by atoms with van der Waals surface area (Å²) in [5.41, 5.74) is 3.61. The minimum Gasteiger partial charge on any atom is -0.386 e. The zero-order valence-corrected chi connectivity index (χ0v) is 15.4. The lowest BCUT2D eigenvalue weighted by atomic mass is 10.1. The van der Waals surface area contributed by atoms with Crippen LogP contribution < -0.4 is 0 Å². The van der Waals surface area contributed by atoms with Gasteiger partial charge in [0.05, 0.1) is 24.4 Å². The Morgan fingerprint density at radius 2 is 2.12 bits per heavy atom. The number of halogens is 1. The largest absolute Gasteiger partial charge is 0.386 e. The third-order valence-corrected chi connectivity index (χ3v) is 4.80. The van der Waals surface area contributed by atoms with E-state index in [1.807, 2.05) is 23.7 Å². The highest BCUT2D eigenvalue weighted by Crippen LogP contribution is 2.22. The Morgan fingerprint density at radius 3 is 2.81 bits per heavy atom. The van der Waals surface area contributed by atoms with Gasteiger partial charge in [-0.25, -0.2) is 4.39 Å². The summed E-state index contributed by atoms with van der Waals surface area (Å²) in [6, 6.07) is 6.75. The second kappa shape index (κ2) is 7.55. The number of carbonyl (C=O) groups is 1. The molecule has 6 nitrogen and oxygen atoms in total. The molecule has 2 aromatic rings. The van der Waals surface area contributed by atoms with E-state index in [9.17, 15) is 14.3 Å². The monoisotopic (exact) mass is 360 g/mol. The van der Waals surface area contributed by atoms with Crippen molar-refractivity contribution in [1.82, 2.24) is 19.6 Å². The number of hydrogen-bond donors (Lipinski definition) is 1. The molecule has 3 rings (SSSR count). The third kappa shape index (κ3) is 4.11. The van der Waals surface area contributed by atoms with Gasteiger partial charge in [0, 0.05) is 33.7 Å². The van der Waals surface area contributed by atoms with Gasteiger partial charge >= 0.3 is 0 Å². The first-order valence-electron chi connectivity index (χ1n) is 8.75. The number of carbonyl (C=O) groups excluding carboxylic acids is 1. The maximum Gasteiger partial charge on any atom is 0.225 e. The molecule has 1 aliphatic rings. The maximum atomic E-state index is 13.3. The topological polar surface area (TPSA) is 61.6 Å². The molecule has 2 heterocycles. The van der Waals surface area contributed by atoms with Crippen LogP contribution in [0.1, 0.15) is 35.0 Å². The zero-order valence-electron chi connectivity index (χ0n) is 15.4. The fourth-order valence-corrected chi connectivity index (χ4v) is 3.17. The average molecular weight is 360 g/mol. The normalized spacial score (nSPS) is 15.6. The SMILES string of the molecule is Cc1cc(F)ccc1CN1CCn2nc(C(O)CC(=O)N(C)C)cc2C1. The van der Waals surface area contributed by atoms with Crippen LogP contribution in [0.5, 0.6) is 0 Å². The third-order valence-electron chi connectivity index (χ3n) is 4.80. The highest BCUT2D eigenvalue weighted by Gasteiger charge is 2.23. The van der Waals surface area contributed by atoms with Crippen LogP contribution in [-0.2, 0) is 24.4 Å². The molecule has 1 amide bonds. The van der Waals surface area contributed by atoms with Crippen LogP contribution in [0.2, 0.25) is 0 Å². The minimum absolute atomic E-state index is 0.0297. The number of amides is 1. The van der Waals surface area contributed by atoms with Crippen molar-refractivity contribution in [3.05, 3.63) is 52.6 Å². The van der Waals surface area contributed by atoms with Crippen molar-refractivity contribution in [2.75, 3.05) is 20.6 Å². The van der Waals surface area contributed by atoms with Crippen molar-refractivity contribution in [2.24, 2.45) is 0 Å². The summed E-state index contributed by atoms with van der Waals surface area (Å²) in [6.45, 7) is 4.93. The molecule has 1 unspecified atom stereocenters. The number of aromatic nitrogens is 2. The van der Waals surface area contributed by atoms with Gasteiger partial charge in [-0.15, -0.1) is 0 Å². The van der Waals surface area contributed by atoms with E-state index in [1.165, 1.54) is 11.0 Å². The number of hydrogen-bond acceptors (Lipinski definition) is 4. The second-order valence-corrected chi connectivity index (χ2v) is 7.07. The summed E-state index contributed by atoms with van der Waals surface area (Å²) in [5, 5.41) is 14.7. The molecular formula is C19H25FN4O2. The molecule has 0 radical (unpaired) electrons. The molecule has 140 valence electrons. The molecule has 0 spiro atoms. The predicted molar refractivity (Wildman–Crippen MR) is 95.7 cm³/mol. The van der Waals surface area contributed by atoms with E-state index >= 15 is 0 Å². The fraction of sp³-hybridized carbons (Fsp3) is 0.474. The lowest BCUT2D eigenvalue weighted by molar-refractivity contribution is -0.130. The molecule has 0 fully saturated rings. The predicted octanol–water partition coefficient (Wildman–Crippen LogP) is 1.86. The summed E-state index contributed by atoms with van der Waals surface area (Å²) in [6.07, 6.45) is -0.863. The van der Waals surface area contributed by atoms with Crippen molar-refractivity contribution in [3.63, 3.8) is 0 Å². The van der Waals surface area contributed by atoms with Crippen molar-refractivity contribution in [3.8, 4) is 0 Å². The first-order valence-corrected chi connectivity index (χ1v) is 8.75. The van der Waals surface area contributed by atoms with Crippen molar-refractivity contribution in [1.29, 1.82) is 0 Å². The van der Waals surface area contributed by atoms with Gasteiger partial charge in [-0.3, -0.25) is 14.4 Å². The van der Waals surface area contributed by atoms with Gasteiger partial charge in [-0.2, -0.15) is 5.10 Å². The molecule has 0 aliphatic carbocycles. The van der Waals surface area contributed by atoms with E-state index in [1.54, 1.807) is 20.2 Å². The van der Waals surface area contributed by atoms with Crippen LogP contribution in [0.4, 0.5) is 4.39 Å².